The Labute approximate surface area is 180 Å². The summed E-state index contributed by atoms with van der Waals surface area (Å²) in [6, 6.07) is 27.5. The topological polar surface area (TPSA) is 0 Å². The summed E-state index contributed by atoms with van der Waals surface area (Å²) < 4.78 is 28.4. The van der Waals surface area contributed by atoms with Crippen molar-refractivity contribution in [1.82, 2.24) is 0 Å². The van der Waals surface area contributed by atoms with Crippen LogP contribution in [0, 0.1) is 16.4 Å². The third-order valence-electron chi connectivity index (χ3n) is 6.43. The van der Waals surface area contributed by atoms with Crippen LogP contribution in [-0.2, 0) is 5.41 Å². The van der Waals surface area contributed by atoms with Gasteiger partial charge in [-0.1, -0.05) is 85.0 Å². The first kappa shape index (κ1) is 18.3. The molecule has 0 N–H and O–H groups in total. The molecule has 0 radical (unpaired) electrons. The summed E-state index contributed by atoms with van der Waals surface area (Å²) in [6.07, 6.45) is 6.40. The molecule has 0 saturated heterocycles. The highest BCUT2D eigenvalue weighted by molar-refractivity contribution is 6.45. The van der Waals surface area contributed by atoms with E-state index < -0.39 is 17.0 Å². The molecule has 6 rings (SSSR count). The largest absolute Gasteiger partial charge is 0.204 e. The molecule has 1 heterocycles. The molecule has 0 nitrogen and oxygen atoms in total. The van der Waals surface area contributed by atoms with Crippen LogP contribution in [0.2, 0.25) is 0 Å². The lowest BCUT2D eigenvalue weighted by atomic mass is 9.66. The second-order valence-electron chi connectivity index (χ2n) is 8.09. The van der Waals surface area contributed by atoms with Crippen molar-refractivity contribution >= 4 is 25.5 Å². The first-order valence-corrected chi connectivity index (χ1v) is 11.5. The SMILES string of the molecule is Fc1ccc(C2(c3ccc4ccccc4c3)C=CC=C3[SiH]=c4ccccc4=C32)cc1F. The minimum atomic E-state index is -0.824. The zero-order valence-electron chi connectivity index (χ0n) is 16.6. The lowest BCUT2D eigenvalue weighted by molar-refractivity contribution is 0.506. The molecular formula is C28H18F2Si. The highest BCUT2D eigenvalue weighted by Gasteiger charge is 2.40. The quantitative estimate of drug-likeness (QED) is 0.381. The number of halogens is 2. The third kappa shape index (κ3) is 2.66. The molecule has 31 heavy (non-hydrogen) atoms. The molecule has 1 aliphatic carbocycles. The molecule has 4 aromatic rings. The molecule has 0 amide bonds. The summed E-state index contributed by atoms with van der Waals surface area (Å²) in [5.74, 6) is -1.64. The molecule has 0 aromatic heterocycles. The van der Waals surface area contributed by atoms with Gasteiger partial charge in [0.1, 0.15) is 0 Å². The van der Waals surface area contributed by atoms with Gasteiger partial charge in [-0.05, 0) is 60.9 Å². The third-order valence-corrected chi connectivity index (χ3v) is 8.03. The van der Waals surface area contributed by atoms with Gasteiger partial charge in [0, 0.05) is 9.13 Å². The van der Waals surface area contributed by atoms with Gasteiger partial charge >= 0.3 is 0 Å². The van der Waals surface area contributed by atoms with Gasteiger partial charge in [0.2, 0.25) is 0 Å². The van der Waals surface area contributed by atoms with Gasteiger partial charge in [0.15, 0.2) is 11.6 Å². The fourth-order valence-electron chi connectivity index (χ4n) is 5.02. The van der Waals surface area contributed by atoms with E-state index in [1.807, 2.05) is 12.1 Å². The van der Waals surface area contributed by atoms with Crippen LogP contribution in [0.25, 0.3) is 16.3 Å². The lowest BCUT2D eigenvalue weighted by Gasteiger charge is -2.37. The van der Waals surface area contributed by atoms with Crippen LogP contribution in [0.1, 0.15) is 11.1 Å². The van der Waals surface area contributed by atoms with Crippen LogP contribution in [0.3, 0.4) is 0 Å². The highest BCUT2D eigenvalue weighted by atomic mass is 28.2. The highest BCUT2D eigenvalue weighted by Crippen LogP contribution is 2.47. The van der Waals surface area contributed by atoms with Crippen LogP contribution in [0.4, 0.5) is 8.78 Å². The van der Waals surface area contributed by atoms with Crippen LogP contribution in [-0.4, -0.2) is 9.13 Å². The summed E-state index contributed by atoms with van der Waals surface area (Å²) in [5, 5.41) is 4.81. The second-order valence-corrected chi connectivity index (χ2v) is 9.62. The van der Waals surface area contributed by atoms with Gasteiger partial charge in [-0.15, -0.1) is 0 Å². The fourth-order valence-corrected chi connectivity index (χ4v) is 6.69. The number of hydrogen-bond acceptors (Lipinski definition) is 0. The Bertz CT molecular complexity index is 1560. The van der Waals surface area contributed by atoms with Crippen molar-refractivity contribution in [3.63, 3.8) is 0 Å². The average molecular weight is 421 g/mol. The maximum atomic E-state index is 14.5. The van der Waals surface area contributed by atoms with Crippen molar-refractivity contribution in [1.29, 1.82) is 0 Å². The predicted molar refractivity (Wildman–Crippen MR) is 124 cm³/mol. The predicted octanol–water partition coefficient (Wildman–Crippen LogP) is 5.41. The Hall–Kier alpha value is -3.43. The van der Waals surface area contributed by atoms with Gasteiger partial charge in [-0.2, -0.15) is 0 Å². The van der Waals surface area contributed by atoms with Crippen LogP contribution in [0.5, 0.6) is 0 Å². The summed E-state index contributed by atoms with van der Waals surface area (Å²) >= 11 is 0. The summed E-state index contributed by atoms with van der Waals surface area (Å²) in [4.78, 5) is 1.35. The normalized spacial score (nSPS) is 19.0. The molecule has 0 bridgehead atoms. The number of allylic oxidation sites excluding steroid dienone is 4. The van der Waals surface area contributed by atoms with Crippen molar-refractivity contribution < 1.29 is 8.78 Å². The Morgan fingerprint density at radius 3 is 2.29 bits per heavy atom. The van der Waals surface area contributed by atoms with Gasteiger partial charge < -0.3 is 0 Å². The van der Waals surface area contributed by atoms with Gasteiger partial charge in [-0.3, -0.25) is 0 Å². The average Bonchev–Trinajstić information content (AvgIpc) is 3.20. The molecule has 0 fully saturated rings. The molecular weight excluding hydrogens is 402 g/mol. The molecule has 1 aliphatic heterocycles. The number of fused-ring (bicyclic) bond motifs is 3. The van der Waals surface area contributed by atoms with E-state index in [2.05, 4.69) is 72.8 Å². The molecule has 3 heteroatoms. The minimum absolute atomic E-state index is 0.0435. The molecule has 1 unspecified atom stereocenters. The monoisotopic (exact) mass is 420 g/mol. The van der Waals surface area contributed by atoms with Crippen LogP contribution in [0.15, 0.2) is 108 Å². The molecule has 148 valence electrons. The van der Waals surface area contributed by atoms with Crippen molar-refractivity contribution in [3.8, 4) is 0 Å². The van der Waals surface area contributed by atoms with Crippen molar-refractivity contribution in [2.75, 3.05) is 0 Å². The van der Waals surface area contributed by atoms with Crippen molar-refractivity contribution in [2.45, 2.75) is 5.41 Å². The van der Waals surface area contributed by atoms with Crippen molar-refractivity contribution in [3.05, 3.63) is 141 Å². The Kier molecular flexibility index (Phi) is 4.02. The van der Waals surface area contributed by atoms with Gasteiger partial charge in [0.25, 0.3) is 0 Å². The molecule has 1 atom stereocenters. The molecule has 0 spiro atoms. The fraction of sp³-hybridized carbons (Fsp3) is 0.0357. The van der Waals surface area contributed by atoms with E-state index in [0.29, 0.717) is 0 Å². The standard InChI is InChI=1S/C28H18F2Si/c29-23-14-13-21(17-24(23)30)28(20-12-11-18-6-1-2-7-19(18)16-20)15-5-10-26-27(28)22-8-3-4-9-25(22)31-26/h1-17,31H. The second kappa shape index (κ2) is 6.79. The lowest BCUT2D eigenvalue weighted by Crippen LogP contribution is -2.32. The molecule has 0 saturated carbocycles. The zero-order chi connectivity index (χ0) is 21.0. The van der Waals surface area contributed by atoms with E-state index >= 15 is 0 Å². The summed E-state index contributed by atoms with van der Waals surface area (Å²) in [5.41, 5.74) is 2.32. The van der Waals surface area contributed by atoms with E-state index in [0.717, 1.165) is 21.9 Å². The van der Waals surface area contributed by atoms with Gasteiger partial charge in [0.05, 0.1) is 5.41 Å². The van der Waals surface area contributed by atoms with Crippen molar-refractivity contribution in [2.24, 2.45) is 0 Å². The molecule has 2 aliphatic rings. The minimum Gasteiger partial charge on any atom is -0.204 e. The van der Waals surface area contributed by atoms with E-state index in [-0.39, 0.29) is 9.13 Å². The van der Waals surface area contributed by atoms with E-state index in [4.69, 9.17) is 0 Å². The van der Waals surface area contributed by atoms with E-state index in [1.54, 1.807) is 6.07 Å². The number of benzene rings is 4. The summed E-state index contributed by atoms with van der Waals surface area (Å²) in [7, 11) is -0.0435. The maximum absolute atomic E-state index is 14.5. The first-order chi connectivity index (χ1) is 15.2. The first-order valence-electron chi connectivity index (χ1n) is 10.3. The van der Waals surface area contributed by atoms with Crippen LogP contribution >= 0.6 is 0 Å². The number of hydrogen-bond donors (Lipinski definition) is 0. The maximum Gasteiger partial charge on any atom is 0.159 e. The Morgan fingerprint density at radius 2 is 1.42 bits per heavy atom. The smallest absolute Gasteiger partial charge is 0.159 e. The van der Waals surface area contributed by atoms with Gasteiger partial charge in [-0.25, -0.2) is 8.78 Å². The zero-order valence-corrected chi connectivity index (χ0v) is 17.8. The summed E-state index contributed by atoms with van der Waals surface area (Å²) in [6.45, 7) is 0. The Morgan fingerprint density at radius 1 is 0.677 bits per heavy atom. The van der Waals surface area contributed by atoms with E-state index in [9.17, 15) is 8.78 Å². The molecule has 4 aromatic carbocycles. The van der Waals surface area contributed by atoms with E-state index in [1.165, 1.54) is 32.9 Å². The number of rotatable bonds is 2. The Balaban J connectivity index is 1.76. The van der Waals surface area contributed by atoms with Crippen LogP contribution < -0.4 is 5.22 Å².